The van der Waals surface area contributed by atoms with Crippen molar-refractivity contribution in [1.29, 1.82) is 0 Å². The van der Waals surface area contributed by atoms with Crippen LogP contribution in [0.25, 0.3) is 11.3 Å². The molecular weight excluding hydrogens is 257 g/mol. The van der Waals surface area contributed by atoms with Crippen molar-refractivity contribution in [3.8, 4) is 11.3 Å². The highest BCUT2D eigenvalue weighted by atomic mass is 19.1. The Morgan fingerprint density at radius 3 is 3.00 bits per heavy atom. The summed E-state index contributed by atoms with van der Waals surface area (Å²) in [6.45, 7) is 4.31. The highest BCUT2D eigenvalue weighted by Crippen LogP contribution is 2.27. The Bertz CT molecular complexity index is 665. The summed E-state index contributed by atoms with van der Waals surface area (Å²) < 4.78 is 13.2. The van der Waals surface area contributed by atoms with Crippen LogP contribution in [0.5, 0.6) is 0 Å². The molecule has 2 heterocycles. The minimum absolute atomic E-state index is 0.0344. The fraction of sp³-hybridized carbons (Fsp3) is 0.200. The molecule has 0 radical (unpaired) electrons. The zero-order valence-electron chi connectivity index (χ0n) is 10.8. The Morgan fingerprint density at radius 2 is 2.30 bits per heavy atom. The van der Waals surface area contributed by atoms with E-state index in [2.05, 4.69) is 16.8 Å². The zero-order chi connectivity index (χ0) is 14.1. The van der Waals surface area contributed by atoms with Crippen LogP contribution in [-0.2, 0) is 4.79 Å². The summed E-state index contributed by atoms with van der Waals surface area (Å²) in [7, 11) is 0. The van der Waals surface area contributed by atoms with Crippen molar-refractivity contribution < 1.29 is 9.18 Å². The van der Waals surface area contributed by atoms with Crippen LogP contribution in [0.2, 0.25) is 0 Å². The van der Waals surface area contributed by atoms with Gasteiger partial charge in [-0.2, -0.15) is 5.10 Å². The molecule has 0 bridgehead atoms. The average molecular weight is 271 g/mol. The van der Waals surface area contributed by atoms with Crippen molar-refractivity contribution in [3.63, 3.8) is 0 Å². The summed E-state index contributed by atoms with van der Waals surface area (Å²) in [6, 6.07) is 8.01. The molecule has 0 spiro atoms. The third-order valence-electron chi connectivity index (χ3n) is 3.46. The van der Waals surface area contributed by atoms with Gasteiger partial charge in [-0.1, -0.05) is 18.2 Å². The Balaban J connectivity index is 1.87. The SMILES string of the molecule is C=CC1CC(=O)N(c2cc(-c3cccc(F)c3)[nH]n2)C1. The number of carbonyl (C=O) groups is 1. The second-order valence-corrected chi connectivity index (χ2v) is 4.85. The number of aromatic nitrogens is 2. The van der Waals surface area contributed by atoms with E-state index in [4.69, 9.17) is 0 Å². The molecule has 5 heteroatoms. The summed E-state index contributed by atoms with van der Waals surface area (Å²) in [5, 5.41) is 6.99. The van der Waals surface area contributed by atoms with Gasteiger partial charge in [0.05, 0.1) is 5.69 Å². The van der Waals surface area contributed by atoms with Crippen molar-refractivity contribution in [1.82, 2.24) is 10.2 Å². The van der Waals surface area contributed by atoms with Gasteiger partial charge in [-0.05, 0) is 12.1 Å². The first-order chi connectivity index (χ1) is 9.67. The van der Waals surface area contributed by atoms with Gasteiger partial charge in [0.25, 0.3) is 0 Å². The van der Waals surface area contributed by atoms with Crippen molar-refractivity contribution >= 4 is 11.7 Å². The van der Waals surface area contributed by atoms with Crippen LogP contribution in [0.1, 0.15) is 6.42 Å². The molecule has 102 valence electrons. The van der Waals surface area contributed by atoms with E-state index in [-0.39, 0.29) is 17.6 Å². The number of anilines is 1. The highest BCUT2D eigenvalue weighted by Gasteiger charge is 2.30. The summed E-state index contributed by atoms with van der Waals surface area (Å²) >= 11 is 0. The quantitative estimate of drug-likeness (QED) is 0.873. The molecule has 3 rings (SSSR count). The number of benzene rings is 1. The van der Waals surface area contributed by atoms with E-state index in [9.17, 15) is 9.18 Å². The molecule has 1 amide bonds. The minimum atomic E-state index is -0.303. The number of nitrogens with zero attached hydrogens (tertiary/aromatic N) is 2. The molecule has 1 aliphatic heterocycles. The van der Waals surface area contributed by atoms with Crippen LogP contribution in [0.4, 0.5) is 10.2 Å². The van der Waals surface area contributed by atoms with Crippen LogP contribution in [0.15, 0.2) is 43.0 Å². The third-order valence-corrected chi connectivity index (χ3v) is 3.46. The fourth-order valence-electron chi connectivity index (χ4n) is 2.37. The normalized spacial score (nSPS) is 18.6. The largest absolute Gasteiger partial charge is 0.295 e. The van der Waals surface area contributed by atoms with Gasteiger partial charge in [0.2, 0.25) is 5.91 Å². The lowest BCUT2D eigenvalue weighted by molar-refractivity contribution is -0.117. The number of halogens is 1. The van der Waals surface area contributed by atoms with Crippen LogP contribution < -0.4 is 4.90 Å². The number of hydrogen-bond acceptors (Lipinski definition) is 2. The Morgan fingerprint density at radius 1 is 1.45 bits per heavy atom. The Kier molecular flexibility index (Phi) is 3.10. The summed E-state index contributed by atoms with van der Waals surface area (Å²) in [6.07, 6.45) is 2.25. The number of aromatic amines is 1. The van der Waals surface area contributed by atoms with Gasteiger partial charge in [0.1, 0.15) is 5.82 Å². The van der Waals surface area contributed by atoms with Gasteiger partial charge in [-0.3, -0.25) is 14.8 Å². The minimum Gasteiger partial charge on any atom is -0.295 e. The Hall–Kier alpha value is -2.43. The molecule has 1 aromatic carbocycles. The molecule has 1 unspecified atom stereocenters. The molecule has 20 heavy (non-hydrogen) atoms. The maximum atomic E-state index is 13.2. The maximum absolute atomic E-state index is 13.2. The number of carbonyl (C=O) groups excluding carboxylic acids is 1. The monoisotopic (exact) mass is 271 g/mol. The lowest BCUT2D eigenvalue weighted by Crippen LogP contribution is -2.24. The van der Waals surface area contributed by atoms with Gasteiger partial charge in [-0.15, -0.1) is 6.58 Å². The van der Waals surface area contributed by atoms with Crippen molar-refractivity contribution in [2.24, 2.45) is 5.92 Å². The predicted octanol–water partition coefficient (Wildman–Crippen LogP) is 2.75. The van der Waals surface area contributed by atoms with Gasteiger partial charge in [0, 0.05) is 30.5 Å². The molecule has 0 saturated carbocycles. The van der Waals surface area contributed by atoms with Gasteiger partial charge < -0.3 is 0 Å². The first kappa shape index (κ1) is 12.6. The topological polar surface area (TPSA) is 49.0 Å². The molecule has 1 fully saturated rings. The second-order valence-electron chi connectivity index (χ2n) is 4.85. The molecular formula is C15H14FN3O. The summed E-state index contributed by atoms with van der Waals surface area (Å²) in [5.41, 5.74) is 1.39. The number of nitrogens with one attached hydrogen (secondary N) is 1. The van der Waals surface area contributed by atoms with E-state index in [0.29, 0.717) is 30.0 Å². The van der Waals surface area contributed by atoms with Crippen LogP contribution in [-0.4, -0.2) is 22.6 Å². The molecule has 4 nitrogen and oxygen atoms in total. The maximum Gasteiger partial charge on any atom is 0.228 e. The number of amides is 1. The van der Waals surface area contributed by atoms with Crippen molar-refractivity contribution in [3.05, 3.63) is 48.8 Å². The first-order valence-corrected chi connectivity index (χ1v) is 6.41. The molecule has 1 N–H and O–H groups in total. The van der Waals surface area contributed by atoms with Gasteiger partial charge >= 0.3 is 0 Å². The zero-order valence-corrected chi connectivity index (χ0v) is 10.8. The van der Waals surface area contributed by atoms with Crippen LogP contribution in [0.3, 0.4) is 0 Å². The van der Waals surface area contributed by atoms with E-state index in [1.54, 1.807) is 29.2 Å². The highest BCUT2D eigenvalue weighted by molar-refractivity contribution is 5.95. The number of H-pyrrole nitrogens is 1. The van der Waals surface area contributed by atoms with E-state index in [1.165, 1.54) is 12.1 Å². The fourth-order valence-corrected chi connectivity index (χ4v) is 2.37. The van der Waals surface area contributed by atoms with Crippen LogP contribution in [0, 0.1) is 11.7 Å². The van der Waals surface area contributed by atoms with E-state index in [0.717, 1.165) is 0 Å². The smallest absolute Gasteiger partial charge is 0.228 e. The summed E-state index contributed by atoms with van der Waals surface area (Å²) in [5.74, 6) is 0.463. The standard InChI is InChI=1S/C15H14FN3O/c1-2-10-6-15(20)19(9-10)14-8-13(17-18-14)11-4-3-5-12(16)7-11/h2-5,7-8,10H,1,6,9H2,(H,17,18). The second kappa shape index (κ2) is 4.92. The molecule has 1 atom stereocenters. The third kappa shape index (κ3) is 2.22. The molecule has 1 aliphatic rings. The van der Waals surface area contributed by atoms with Gasteiger partial charge in [0.15, 0.2) is 5.82 Å². The molecule has 2 aromatic rings. The summed E-state index contributed by atoms with van der Waals surface area (Å²) in [4.78, 5) is 13.5. The Labute approximate surface area is 115 Å². The van der Waals surface area contributed by atoms with Crippen LogP contribution >= 0.6 is 0 Å². The van der Waals surface area contributed by atoms with E-state index in [1.807, 2.05) is 0 Å². The van der Waals surface area contributed by atoms with Crippen molar-refractivity contribution in [2.45, 2.75) is 6.42 Å². The predicted molar refractivity (Wildman–Crippen MR) is 74.6 cm³/mol. The number of rotatable bonds is 3. The first-order valence-electron chi connectivity index (χ1n) is 6.41. The van der Waals surface area contributed by atoms with Gasteiger partial charge in [-0.25, -0.2) is 4.39 Å². The van der Waals surface area contributed by atoms with Crippen molar-refractivity contribution in [2.75, 3.05) is 11.4 Å². The lowest BCUT2D eigenvalue weighted by Gasteiger charge is -2.11. The number of hydrogen-bond donors (Lipinski definition) is 1. The molecule has 1 saturated heterocycles. The average Bonchev–Trinajstić information content (AvgIpc) is 3.05. The molecule has 0 aliphatic carbocycles. The van der Waals surface area contributed by atoms with E-state index >= 15 is 0 Å². The molecule has 1 aromatic heterocycles. The lowest BCUT2D eigenvalue weighted by atomic mass is 10.1. The van der Waals surface area contributed by atoms with E-state index < -0.39 is 0 Å².